The van der Waals surface area contributed by atoms with E-state index in [0.29, 0.717) is 17.7 Å². The van der Waals surface area contributed by atoms with E-state index in [1.54, 1.807) is 19.1 Å². The Labute approximate surface area is 164 Å². The Bertz CT molecular complexity index is 1020. The molecule has 5 nitrogen and oxygen atoms in total. The van der Waals surface area contributed by atoms with E-state index in [0.717, 1.165) is 16.3 Å². The highest BCUT2D eigenvalue weighted by Crippen LogP contribution is 2.26. The van der Waals surface area contributed by atoms with Crippen molar-refractivity contribution in [2.45, 2.75) is 19.4 Å². The number of hydrogen-bond acceptors (Lipinski definition) is 4. The fourth-order valence-electron chi connectivity index (χ4n) is 2.83. The van der Waals surface area contributed by atoms with Crippen molar-refractivity contribution in [1.82, 2.24) is 5.43 Å². The number of carbonyl (C=O) groups is 1. The Morgan fingerprint density at radius 2 is 1.93 bits per heavy atom. The van der Waals surface area contributed by atoms with Crippen LogP contribution in [0.5, 0.6) is 11.5 Å². The number of fused-ring (bicyclic) bond motifs is 1. The molecule has 3 rings (SSSR count). The highest BCUT2D eigenvalue weighted by Gasteiger charge is 2.15. The van der Waals surface area contributed by atoms with Crippen molar-refractivity contribution < 1.29 is 14.6 Å². The van der Waals surface area contributed by atoms with Gasteiger partial charge in [-0.15, -0.1) is 6.58 Å². The third-order valence-electron chi connectivity index (χ3n) is 4.32. The summed E-state index contributed by atoms with van der Waals surface area (Å²) in [6.45, 7) is 5.33. The molecular weight excluding hydrogens is 352 g/mol. The van der Waals surface area contributed by atoms with E-state index >= 15 is 0 Å². The van der Waals surface area contributed by atoms with Crippen LogP contribution < -0.4 is 10.2 Å². The number of phenols is 1. The first-order valence-corrected chi connectivity index (χ1v) is 8.99. The van der Waals surface area contributed by atoms with Crippen LogP contribution in [0.15, 0.2) is 78.4 Å². The van der Waals surface area contributed by atoms with Gasteiger partial charge in [0.05, 0.1) is 6.21 Å². The summed E-state index contributed by atoms with van der Waals surface area (Å²) in [4.78, 5) is 12.3. The predicted octanol–water partition coefficient (Wildman–Crippen LogP) is 4.19. The number of nitrogens with zero attached hydrogens (tertiary/aromatic N) is 1. The molecule has 0 saturated heterocycles. The maximum Gasteiger partial charge on any atom is 0.280 e. The summed E-state index contributed by atoms with van der Waals surface area (Å²) in [5.41, 5.74) is 3.72. The Balaban J connectivity index is 1.65. The minimum atomic E-state index is -0.733. The number of hydrazone groups is 1. The molecule has 1 atom stereocenters. The summed E-state index contributed by atoms with van der Waals surface area (Å²) in [6.07, 6.45) is 2.94. The Hall–Kier alpha value is -3.60. The SMILES string of the molecule is C=CCc1cccc(/C=N\NC(=O)[C@@H](C)Oc2cccc3ccccc23)c1O. The fraction of sp³-hybridized carbons (Fsp3) is 0.130. The highest BCUT2D eigenvalue weighted by atomic mass is 16.5. The monoisotopic (exact) mass is 374 g/mol. The van der Waals surface area contributed by atoms with E-state index in [1.165, 1.54) is 6.21 Å². The molecule has 1 amide bonds. The van der Waals surface area contributed by atoms with Crippen molar-refractivity contribution in [2.24, 2.45) is 5.10 Å². The molecule has 0 aromatic heterocycles. The van der Waals surface area contributed by atoms with Gasteiger partial charge in [-0.2, -0.15) is 5.10 Å². The van der Waals surface area contributed by atoms with Crippen molar-refractivity contribution in [3.05, 3.63) is 84.4 Å². The average Bonchev–Trinajstić information content (AvgIpc) is 2.71. The second-order valence-corrected chi connectivity index (χ2v) is 6.32. The first kappa shape index (κ1) is 19.2. The van der Waals surface area contributed by atoms with Gasteiger partial charge in [0, 0.05) is 10.9 Å². The quantitative estimate of drug-likeness (QED) is 0.370. The molecule has 0 aliphatic carbocycles. The molecule has 0 radical (unpaired) electrons. The molecule has 0 fully saturated rings. The molecule has 0 spiro atoms. The molecule has 3 aromatic rings. The zero-order valence-electron chi connectivity index (χ0n) is 15.6. The summed E-state index contributed by atoms with van der Waals surface area (Å²) in [5.74, 6) is 0.380. The van der Waals surface area contributed by atoms with Crippen LogP contribution in [0, 0.1) is 0 Å². The number of nitrogens with one attached hydrogen (secondary N) is 1. The summed E-state index contributed by atoms with van der Waals surface area (Å²) in [6, 6.07) is 18.9. The van der Waals surface area contributed by atoms with E-state index in [4.69, 9.17) is 4.74 Å². The lowest BCUT2D eigenvalue weighted by Crippen LogP contribution is -2.33. The Kier molecular flexibility index (Phi) is 6.07. The number of phenolic OH excluding ortho intramolecular Hbond substituents is 1. The maximum atomic E-state index is 12.3. The summed E-state index contributed by atoms with van der Waals surface area (Å²) < 4.78 is 5.82. The molecule has 3 aromatic carbocycles. The Morgan fingerprint density at radius 1 is 1.18 bits per heavy atom. The molecular formula is C23H22N2O3. The van der Waals surface area contributed by atoms with Gasteiger partial charge in [0.1, 0.15) is 11.5 Å². The average molecular weight is 374 g/mol. The van der Waals surface area contributed by atoms with Crippen LogP contribution in [-0.2, 0) is 11.2 Å². The molecule has 28 heavy (non-hydrogen) atoms. The number of rotatable bonds is 7. The van der Waals surface area contributed by atoms with Crippen molar-refractivity contribution in [3.8, 4) is 11.5 Å². The standard InChI is InChI=1S/C23H22N2O3/c1-3-8-18-11-6-12-19(22(18)26)15-24-25-23(27)16(2)28-21-14-7-10-17-9-4-5-13-20(17)21/h3-7,9-16,26H,1,8H2,2H3,(H,25,27)/b24-15-/t16-/m1/s1. The zero-order valence-corrected chi connectivity index (χ0v) is 15.6. The number of ether oxygens (including phenoxy) is 1. The summed E-state index contributed by atoms with van der Waals surface area (Å²) in [5, 5.41) is 16.1. The van der Waals surface area contributed by atoms with Gasteiger partial charge >= 0.3 is 0 Å². The molecule has 0 heterocycles. The first-order valence-electron chi connectivity index (χ1n) is 8.99. The van der Waals surface area contributed by atoms with Gasteiger partial charge in [-0.3, -0.25) is 4.79 Å². The third-order valence-corrected chi connectivity index (χ3v) is 4.32. The summed E-state index contributed by atoms with van der Waals surface area (Å²) in [7, 11) is 0. The number of allylic oxidation sites excluding steroid dienone is 1. The second-order valence-electron chi connectivity index (χ2n) is 6.32. The van der Waals surface area contributed by atoms with Gasteiger partial charge in [-0.25, -0.2) is 5.43 Å². The van der Waals surface area contributed by atoms with Gasteiger partial charge in [0.2, 0.25) is 0 Å². The molecule has 142 valence electrons. The van der Waals surface area contributed by atoms with Crippen LogP contribution in [0.3, 0.4) is 0 Å². The summed E-state index contributed by atoms with van der Waals surface area (Å²) >= 11 is 0. The molecule has 0 aliphatic rings. The van der Waals surface area contributed by atoms with Crippen molar-refractivity contribution in [1.29, 1.82) is 0 Å². The van der Waals surface area contributed by atoms with Crippen LogP contribution in [0.1, 0.15) is 18.1 Å². The smallest absolute Gasteiger partial charge is 0.280 e. The third kappa shape index (κ3) is 4.38. The lowest BCUT2D eigenvalue weighted by atomic mass is 10.1. The lowest BCUT2D eigenvalue weighted by Gasteiger charge is -2.14. The number of hydrogen-bond donors (Lipinski definition) is 2. The molecule has 0 saturated carbocycles. The van der Waals surface area contributed by atoms with Crippen LogP contribution in [0.4, 0.5) is 0 Å². The van der Waals surface area contributed by atoms with Gasteiger partial charge in [0.25, 0.3) is 5.91 Å². The number of para-hydroxylation sites is 1. The number of amides is 1. The number of aromatic hydroxyl groups is 1. The van der Waals surface area contributed by atoms with Gasteiger partial charge in [-0.1, -0.05) is 54.6 Å². The molecule has 2 N–H and O–H groups in total. The molecule has 5 heteroatoms. The largest absolute Gasteiger partial charge is 0.507 e. The van der Waals surface area contributed by atoms with Gasteiger partial charge in [0.15, 0.2) is 6.10 Å². The van der Waals surface area contributed by atoms with Crippen LogP contribution >= 0.6 is 0 Å². The van der Waals surface area contributed by atoms with E-state index in [-0.39, 0.29) is 11.7 Å². The predicted molar refractivity (Wildman–Crippen MR) is 112 cm³/mol. The molecule has 0 unspecified atom stereocenters. The van der Waals surface area contributed by atoms with Gasteiger partial charge in [-0.05, 0) is 36.4 Å². The van der Waals surface area contributed by atoms with Crippen molar-refractivity contribution >= 4 is 22.9 Å². The Morgan fingerprint density at radius 3 is 2.75 bits per heavy atom. The number of benzene rings is 3. The molecule has 0 bridgehead atoms. The molecule has 0 aliphatic heterocycles. The lowest BCUT2D eigenvalue weighted by molar-refractivity contribution is -0.127. The van der Waals surface area contributed by atoms with Crippen LogP contribution in [-0.4, -0.2) is 23.3 Å². The normalized spacial score (nSPS) is 12.0. The fourth-order valence-corrected chi connectivity index (χ4v) is 2.83. The van der Waals surface area contributed by atoms with Crippen LogP contribution in [0.2, 0.25) is 0 Å². The van der Waals surface area contributed by atoms with E-state index < -0.39 is 6.10 Å². The highest BCUT2D eigenvalue weighted by molar-refractivity contribution is 5.89. The second kappa shape index (κ2) is 8.86. The topological polar surface area (TPSA) is 70.9 Å². The zero-order chi connectivity index (χ0) is 19.9. The van der Waals surface area contributed by atoms with E-state index in [2.05, 4.69) is 17.1 Å². The van der Waals surface area contributed by atoms with Crippen molar-refractivity contribution in [3.63, 3.8) is 0 Å². The minimum absolute atomic E-state index is 0.125. The minimum Gasteiger partial charge on any atom is -0.507 e. The first-order chi connectivity index (χ1) is 13.6. The van der Waals surface area contributed by atoms with Gasteiger partial charge < -0.3 is 9.84 Å². The van der Waals surface area contributed by atoms with E-state index in [1.807, 2.05) is 54.6 Å². The van der Waals surface area contributed by atoms with Crippen molar-refractivity contribution in [2.75, 3.05) is 0 Å². The van der Waals surface area contributed by atoms with Crippen LogP contribution in [0.25, 0.3) is 10.8 Å². The number of carbonyl (C=O) groups excluding carboxylic acids is 1. The van der Waals surface area contributed by atoms with E-state index in [9.17, 15) is 9.90 Å². The maximum absolute atomic E-state index is 12.3.